The van der Waals surface area contributed by atoms with Crippen molar-refractivity contribution in [3.8, 4) is 5.75 Å². The molecule has 1 aromatic carbocycles. The van der Waals surface area contributed by atoms with E-state index in [1.165, 1.54) is 12.1 Å². The summed E-state index contributed by atoms with van der Waals surface area (Å²) in [5.41, 5.74) is 0.610. The summed E-state index contributed by atoms with van der Waals surface area (Å²) in [7, 11) is 0. The summed E-state index contributed by atoms with van der Waals surface area (Å²) in [6.45, 7) is -1.69. The maximum atomic E-state index is 12.4. The maximum Gasteiger partial charge on any atom is 0.387 e. The Kier molecular flexibility index (Phi) is 6.21. The molecule has 2 N–H and O–H groups in total. The van der Waals surface area contributed by atoms with Gasteiger partial charge >= 0.3 is 6.61 Å². The second-order valence-electron chi connectivity index (χ2n) is 5.45. The molecular weight excluding hydrogens is 300 g/mol. The zero-order valence-electron chi connectivity index (χ0n) is 11.7. The largest absolute Gasteiger partial charge is 0.434 e. The molecule has 1 saturated carbocycles. The molecule has 6 heteroatoms. The first-order chi connectivity index (χ1) is 10.0. The minimum absolute atomic E-state index is 0.144. The smallest absolute Gasteiger partial charge is 0.387 e. The second kappa shape index (κ2) is 7.92. The Bertz CT molecular complexity index is 459. The number of aliphatic hydroxyl groups is 1. The van der Waals surface area contributed by atoms with Crippen LogP contribution < -0.4 is 10.1 Å². The third-order valence-electron chi connectivity index (χ3n) is 3.74. The van der Waals surface area contributed by atoms with Gasteiger partial charge in [0.05, 0.1) is 6.10 Å². The number of aliphatic hydroxyl groups excluding tert-OH is 1. The van der Waals surface area contributed by atoms with Crippen LogP contribution in [0.15, 0.2) is 18.2 Å². The lowest BCUT2D eigenvalue weighted by Gasteiger charge is -2.26. The van der Waals surface area contributed by atoms with E-state index in [1.54, 1.807) is 6.07 Å². The van der Waals surface area contributed by atoms with Crippen molar-refractivity contribution in [3.05, 3.63) is 28.8 Å². The monoisotopic (exact) mass is 319 g/mol. The molecule has 118 valence electrons. The highest BCUT2D eigenvalue weighted by molar-refractivity contribution is 6.30. The summed E-state index contributed by atoms with van der Waals surface area (Å²) in [5.74, 6) is 0.568. The molecule has 1 aliphatic rings. The van der Waals surface area contributed by atoms with Gasteiger partial charge in [-0.05, 0) is 49.9 Å². The van der Waals surface area contributed by atoms with Crippen LogP contribution in [0.1, 0.15) is 31.2 Å². The van der Waals surface area contributed by atoms with E-state index in [2.05, 4.69) is 10.1 Å². The topological polar surface area (TPSA) is 41.5 Å². The van der Waals surface area contributed by atoms with Crippen LogP contribution in [0.2, 0.25) is 5.02 Å². The van der Waals surface area contributed by atoms with Gasteiger partial charge < -0.3 is 15.2 Å². The number of halogens is 3. The van der Waals surface area contributed by atoms with Crippen LogP contribution in [0.5, 0.6) is 5.75 Å². The Hall–Kier alpha value is -0.910. The van der Waals surface area contributed by atoms with Crippen molar-refractivity contribution >= 4 is 11.6 Å². The van der Waals surface area contributed by atoms with Crippen molar-refractivity contribution in [3.63, 3.8) is 0 Å². The predicted octanol–water partition coefficient (Wildman–Crippen LogP) is 3.58. The zero-order valence-corrected chi connectivity index (χ0v) is 12.5. The van der Waals surface area contributed by atoms with E-state index in [1.807, 2.05) is 0 Å². The van der Waals surface area contributed by atoms with E-state index in [9.17, 15) is 13.9 Å². The van der Waals surface area contributed by atoms with Gasteiger partial charge in [-0.15, -0.1) is 0 Å². The molecule has 0 spiro atoms. The van der Waals surface area contributed by atoms with Crippen LogP contribution in [0.4, 0.5) is 8.78 Å². The number of hydrogen-bond acceptors (Lipinski definition) is 3. The standard InChI is InChI=1S/C15H20ClF2NO2/c16-12-4-5-14(21-15(17)18)11(7-12)9-19-8-10-2-1-3-13(20)6-10/h4-5,7,10,13,15,19-20H,1-3,6,8-9H2. The van der Waals surface area contributed by atoms with Gasteiger partial charge in [0.1, 0.15) is 5.75 Å². The Balaban J connectivity index is 1.88. The Morgan fingerprint density at radius 1 is 1.38 bits per heavy atom. The number of alkyl halides is 2. The Morgan fingerprint density at radius 2 is 2.19 bits per heavy atom. The van der Waals surface area contributed by atoms with Crippen LogP contribution in [0.25, 0.3) is 0 Å². The molecule has 1 aromatic rings. The van der Waals surface area contributed by atoms with Crippen LogP contribution in [-0.2, 0) is 6.54 Å². The highest BCUT2D eigenvalue weighted by atomic mass is 35.5. The fourth-order valence-corrected chi connectivity index (χ4v) is 2.95. The normalized spacial score (nSPS) is 22.5. The summed E-state index contributed by atoms with van der Waals surface area (Å²) in [6.07, 6.45) is 3.57. The first-order valence-electron chi connectivity index (χ1n) is 7.16. The highest BCUT2D eigenvalue weighted by Crippen LogP contribution is 2.26. The molecule has 2 rings (SSSR count). The van der Waals surface area contributed by atoms with Crippen molar-refractivity contribution in [2.75, 3.05) is 6.54 Å². The van der Waals surface area contributed by atoms with Crippen LogP contribution >= 0.6 is 11.6 Å². The molecule has 0 amide bonds. The molecule has 0 heterocycles. The van der Waals surface area contributed by atoms with Crippen LogP contribution in [0, 0.1) is 5.92 Å². The molecule has 1 aliphatic carbocycles. The van der Waals surface area contributed by atoms with E-state index in [4.69, 9.17) is 11.6 Å². The van der Waals surface area contributed by atoms with Crippen molar-refractivity contribution in [2.45, 2.75) is 44.9 Å². The fraction of sp³-hybridized carbons (Fsp3) is 0.600. The fourth-order valence-electron chi connectivity index (χ4n) is 2.76. The van der Waals surface area contributed by atoms with E-state index >= 15 is 0 Å². The van der Waals surface area contributed by atoms with E-state index in [-0.39, 0.29) is 11.9 Å². The molecule has 0 saturated heterocycles. The Morgan fingerprint density at radius 3 is 2.90 bits per heavy atom. The SMILES string of the molecule is OC1CCCC(CNCc2cc(Cl)ccc2OC(F)F)C1. The van der Waals surface area contributed by atoms with Crippen molar-refractivity contribution in [1.82, 2.24) is 5.32 Å². The molecule has 0 aliphatic heterocycles. The molecule has 0 bridgehead atoms. The van der Waals surface area contributed by atoms with Gasteiger partial charge in [0.2, 0.25) is 0 Å². The minimum Gasteiger partial charge on any atom is -0.434 e. The molecule has 2 unspecified atom stereocenters. The summed E-state index contributed by atoms with van der Waals surface area (Å²) >= 11 is 5.90. The number of nitrogens with one attached hydrogen (secondary N) is 1. The van der Waals surface area contributed by atoms with Crippen LogP contribution in [-0.4, -0.2) is 24.4 Å². The average molecular weight is 320 g/mol. The van der Waals surface area contributed by atoms with Gasteiger partial charge in [-0.2, -0.15) is 8.78 Å². The first kappa shape index (κ1) is 16.5. The predicted molar refractivity (Wildman–Crippen MR) is 77.8 cm³/mol. The third kappa shape index (κ3) is 5.41. The van der Waals surface area contributed by atoms with Crippen molar-refractivity contribution in [1.29, 1.82) is 0 Å². The molecule has 3 nitrogen and oxygen atoms in total. The van der Waals surface area contributed by atoms with Gasteiger partial charge in [-0.3, -0.25) is 0 Å². The summed E-state index contributed by atoms with van der Waals surface area (Å²) in [6, 6.07) is 4.61. The maximum absolute atomic E-state index is 12.4. The lowest BCUT2D eigenvalue weighted by molar-refractivity contribution is -0.0505. The quantitative estimate of drug-likeness (QED) is 0.842. The zero-order chi connectivity index (χ0) is 15.2. The highest BCUT2D eigenvalue weighted by Gasteiger charge is 2.19. The summed E-state index contributed by atoms with van der Waals surface area (Å²) in [4.78, 5) is 0. The molecule has 2 atom stereocenters. The van der Waals surface area contributed by atoms with Gasteiger partial charge in [0.15, 0.2) is 0 Å². The minimum atomic E-state index is -2.85. The van der Waals surface area contributed by atoms with Crippen molar-refractivity contribution in [2.24, 2.45) is 5.92 Å². The molecule has 0 aromatic heterocycles. The lowest BCUT2D eigenvalue weighted by Crippen LogP contribution is -2.29. The van der Waals surface area contributed by atoms with Gasteiger partial charge in [0.25, 0.3) is 0 Å². The van der Waals surface area contributed by atoms with E-state index < -0.39 is 6.61 Å². The summed E-state index contributed by atoms with van der Waals surface area (Å²) < 4.78 is 29.2. The average Bonchev–Trinajstić information content (AvgIpc) is 2.41. The van der Waals surface area contributed by atoms with E-state index in [0.717, 1.165) is 32.2 Å². The second-order valence-corrected chi connectivity index (χ2v) is 5.88. The molecule has 0 radical (unpaired) electrons. The number of rotatable bonds is 6. The van der Waals surface area contributed by atoms with Gasteiger partial charge in [-0.1, -0.05) is 18.0 Å². The lowest BCUT2D eigenvalue weighted by atomic mass is 9.87. The Labute approximate surface area is 128 Å². The number of ether oxygens (including phenoxy) is 1. The van der Waals surface area contributed by atoms with Crippen LogP contribution in [0.3, 0.4) is 0 Å². The number of hydrogen-bond donors (Lipinski definition) is 2. The van der Waals surface area contributed by atoms with E-state index in [0.29, 0.717) is 23.0 Å². The van der Waals surface area contributed by atoms with Crippen molar-refractivity contribution < 1.29 is 18.6 Å². The molecular formula is C15H20ClF2NO2. The molecule has 1 fully saturated rings. The van der Waals surface area contributed by atoms with Gasteiger partial charge in [-0.25, -0.2) is 0 Å². The first-order valence-corrected chi connectivity index (χ1v) is 7.54. The number of benzene rings is 1. The third-order valence-corrected chi connectivity index (χ3v) is 3.98. The van der Waals surface area contributed by atoms with Gasteiger partial charge in [0, 0.05) is 17.1 Å². The molecule has 21 heavy (non-hydrogen) atoms. The summed E-state index contributed by atoms with van der Waals surface area (Å²) in [5, 5.41) is 13.4.